The number of aryl methyl sites for hydroxylation is 3. The first-order chi connectivity index (χ1) is 14.4. The molecule has 1 N–H and O–H groups in total. The number of carbonyl (C=O) groups is 1. The number of hydrogen-bond donors (Lipinski definition) is 1. The van der Waals surface area contributed by atoms with Crippen LogP contribution in [0.3, 0.4) is 0 Å². The number of benzene rings is 2. The maximum absolute atomic E-state index is 13.0. The Morgan fingerprint density at radius 2 is 1.39 bits per heavy atom. The van der Waals surface area contributed by atoms with Gasteiger partial charge in [0.25, 0.3) is 5.91 Å². The van der Waals surface area contributed by atoms with Gasteiger partial charge in [-0.2, -0.15) is 0 Å². The number of rotatable bonds is 4. The number of amides is 1. The molecule has 3 nitrogen and oxygen atoms in total. The van der Waals surface area contributed by atoms with Gasteiger partial charge in [0.2, 0.25) is 0 Å². The molecule has 1 radical (unpaired) electrons. The van der Waals surface area contributed by atoms with Gasteiger partial charge in [-0.1, -0.05) is 60.5 Å². The van der Waals surface area contributed by atoms with E-state index < -0.39 is 0 Å². The fourth-order valence-corrected chi connectivity index (χ4v) is 4.50. The average Bonchev–Trinajstić information content (AvgIpc) is 2.72. The van der Waals surface area contributed by atoms with Crippen LogP contribution in [0.25, 0.3) is 0 Å². The van der Waals surface area contributed by atoms with E-state index in [1.807, 2.05) is 24.3 Å². The van der Waals surface area contributed by atoms with Gasteiger partial charge in [-0.25, -0.2) is 0 Å². The van der Waals surface area contributed by atoms with Gasteiger partial charge < -0.3 is 9.80 Å². The van der Waals surface area contributed by atoms with Crippen molar-refractivity contribution in [3.05, 3.63) is 65.2 Å². The molecule has 31 heavy (non-hydrogen) atoms. The van der Waals surface area contributed by atoms with Crippen molar-refractivity contribution in [2.24, 2.45) is 0 Å². The van der Waals surface area contributed by atoms with Crippen LogP contribution in [0.1, 0.15) is 62.6 Å². The van der Waals surface area contributed by atoms with Crippen LogP contribution in [0.15, 0.2) is 48.5 Å². The smallest absolute Gasteiger partial charge is 0.282 e. The van der Waals surface area contributed by atoms with Crippen molar-refractivity contribution in [3.8, 4) is 0 Å². The standard InChI is InChI=1S/C20H32N2O.C7H8.Y/c1-5-22(14-9-7-6-8-10-15-22)18(4)20(23)21-19-16(2)12-11-13-17(19)3;1-7-5-3-2-4-6-7;/h11-13,18H,5-10,14-15H2,1-4H3;2-6H,1H3;/p+1. The van der Waals surface area contributed by atoms with E-state index in [-0.39, 0.29) is 44.7 Å². The van der Waals surface area contributed by atoms with Crippen LogP contribution < -0.4 is 5.32 Å². The number of nitrogens with zero attached hydrogens (tertiary/aromatic N) is 1. The number of quaternary nitrogens is 1. The van der Waals surface area contributed by atoms with E-state index in [2.05, 4.69) is 64.2 Å². The summed E-state index contributed by atoms with van der Waals surface area (Å²) in [5.74, 6) is 0.171. The number of likely N-dealkylation sites (N-methyl/N-ethyl adjacent to an activating group) is 1. The zero-order valence-corrected chi connectivity index (χ0v) is 23.1. The minimum absolute atomic E-state index is 0. The molecular weight excluding hydrogens is 457 g/mol. The molecule has 0 spiro atoms. The number of carbonyl (C=O) groups excluding carboxylic acids is 1. The molecule has 0 aromatic heterocycles. The van der Waals surface area contributed by atoms with Gasteiger partial charge in [0.15, 0.2) is 6.04 Å². The third kappa shape index (κ3) is 8.44. The first-order valence-corrected chi connectivity index (χ1v) is 11.6. The van der Waals surface area contributed by atoms with Crippen molar-refractivity contribution in [2.75, 3.05) is 25.0 Å². The van der Waals surface area contributed by atoms with Crippen molar-refractivity contribution in [1.29, 1.82) is 0 Å². The summed E-state index contributed by atoms with van der Waals surface area (Å²) in [6.07, 6.45) is 6.47. The largest absolute Gasteiger partial charge is 0.320 e. The van der Waals surface area contributed by atoms with Crippen LogP contribution in [0.5, 0.6) is 0 Å². The minimum Gasteiger partial charge on any atom is -0.320 e. The second kappa shape index (κ2) is 14.2. The predicted octanol–water partition coefficient (Wildman–Crippen LogP) is 6.42. The molecule has 167 valence electrons. The molecule has 1 atom stereocenters. The molecular formula is C27H41N2OY+. The maximum atomic E-state index is 13.0. The Balaban J connectivity index is 0.000000510. The van der Waals surface area contributed by atoms with E-state index in [0.717, 1.165) is 40.9 Å². The van der Waals surface area contributed by atoms with Gasteiger partial charge in [-0.05, 0) is 71.4 Å². The molecule has 1 saturated heterocycles. The van der Waals surface area contributed by atoms with Crippen molar-refractivity contribution >= 4 is 11.6 Å². The first kappa shape index (κ1) is 28.0. The van der Waals surface area contributed by atoms with Crippen LogP contribution >= 0.6 is 0 Å². The molecule has 1 aliphatic rings. The monoisotopic (exact) mass is 498 g/mol. The molecule has 0 saturated carbocycles. The number of para-hydroxylation sites is 1. The second-order valence-corrected chi connectivity index (χ2v) is 8.84. The molecule has 4 heteroatoms. The molecule has 1 fully saturated rings. The Labute approximate surface area is 215 Å². The third-order valence-corrected chi connectivity index (χ3v) is 6.71. The molecule has 0 aliphatic carbocycles. The van der Waals surface area contributed by atoms with E-state index in [0.29, 0.717) is 0 Å². The Morgan fingerprint density at radius 3 is 1.84 bits per heavy atom. The number of hydrogen-bond acceptors (Lipinski definition) is 1. The summed E-state index contributed by atoms with van der Waals surface area (Å²) in [5.41, 5.74) is 4.59. The van der Waals surface area contributed by atoms with Crippen LogP contribution in [0, 0.1) is 20.8 Å². The Hall–Kier alpha value is -1.03. The molecule has 2 aromatic carbocycles. The Bertz CT molecular complexity index is 763. The fourth-order valence-electron chi connectivity index (χ4n) is 4.50. The summed E-state index contributed by atoms with van der Waals surface area (Å²) in [6.45, 7) is 13.9. The Kier molecular flexibility index (Phi) is 12.8. The van der Waals surface area contributed by atoms with Crippen molar-refractivity contribution in [3.63, 3.8) is 0 Å². The van der Waals surface area contributed by atoms with E-state index >= 15 is 0 Å². The molecule has 2 aromatic rings. The Morgan fingerprint density at radius 1 is 0.871 bits per heavy atom. The topological polar surface area (TPSA) is 29.1 Å². The van der Waals surface area contributed by atoms with Gasteiger partial charge in [-0.15, -0.1) is 0 Å². The van der Waals surface area contributed by atoms with Gasteiger partial charge >= 0.3 is 0 Å². The van der Waals surface area contributed by atoms with E-state index in [4.69, 9.17) is 0 Å². The van der Waals surface area contributed by atoms with Crippen LogP contribution in [-0.2, 0) is 37.5 Å². The fraction of sp³-hybridized carbons (Fsp3) is 0.519. The van der Waals surface area contributed by atoms with Crippen molar-refractivity contribution in [1.82, 2.24) is 0 Å². The minimum atomic E-state index is 0. The summed E-state index contributed by atoms with van der Waals surface area (Å²) in [4.78, 5) is 13.0. The molecule has 1 amide bonds. The zero-order chi connectivity index (χ0) is 22.0. The molecule has 3 rings (SSSR count). The SMILES string of the molecule is CC[N+]1(C(C)C(=O)Nc2c(C)cccc2C)CCCCCCC1.Cc1ccccc1.[Y]. The zero-order valence-electron chi connectivity index (χ0n) is 20.3. The molecule has 1 heterocycles. The van der Waals surface area contributed by atoms with Gasteiger partial charge in [0.1, 0.15) is 0 Å². The summed E-state index contributed by atoms with van der Waals surface area (Å²) in [5, 5.41) is 3.22. The molecule has 0 bridgehead atoms. The molecule has 1 unspecified atom stereocenters. The van der Waals surface area contributed by atoms with E-state index in [9.17, 15) is 4.79 Å². The van der Waals surface area contributed by atoms with Gasteiger partial charge in [0.05, 0.1) is 19.6 Å². The summed E-state index contributed by atoms with van der Waals surface area (Å²) >= 11 is 0. The summed E-state index contributed by atoms with van der Waals surface area (Å²) in [6, 6.07) is 16.4. The normalized spacial score (nSPS) is 16.4. The van der Waals surface area contributed by atoms with E-state index in [1.165, 1.54) is 37.7 Å². The van der Waals surface area contributed by atoms with Crippen LogP contribution in [-0.4, -0.2) is 36.1 Å². The van der Waals surface area contributed by atoms with Crippen LogP contribution in [0.2, 0.25) is 0 Å². The number of anilines is 1. The van der Waals surface area contributed by atoms with Crippen LogP contribution in [0.4, 0.5) is 5.69 Å². The van der Waals surface area contributed by atoms with Gasteiger partial charge in [-0.3, -0.25) is 4.79 Å². The number of likely N-dealkylation sites (tertiary alicyclic amines) is 1. The summed E-state index contributed by atoms with van der Waals surface area (Å²) in [7, 11) is 0. The second-order valence-electron chi connectivity index (χ2n) is 8.84. The van der Waals surface area contributed by atoms with E-state index in [1.54, 1.807) is 0 Å². The third-order valence-electron chi connectivity index (χ3n) is 6.71. The van der Waals surface area contributed by atoms with Crippen molar-refractivity contribution < 1.29 is 42.0 Å². The first-order valence-electron chi connectivity index (χ1n) is 11.6. The number of nitrogens with one attached hydrogen (secondary N) is 1. The van der Waals surface area contributed by atoms with Gasteiger partial charge in [0, 0.05) is 38.4 Å². The predicted molar refractivity (Wildman–Crippen MR) is 129 cm³/mol. The quantitative estimate of drug-likeness (QED) is 0.484. The molecule has 1 aliphatic heterocycles. The maximum Gasteiger partial charge on any atom is 0.282 e. The summed E-state index contributed by atoms with van der Waals surface area (Å²) < 4.78 is 0.941. The average molecular weight is 499 g/mol. The van der Waals surface area contributed by atoms with Crippen molar-refractivity contribution in [2.45, 2.75) is 72.8 Å².